The zero-order chi connectivity index (χ0) is 25.9. The van der Waals surface area contributed by atoms with Crippen molar-refractivity contribution in [3.05, 3.63) is 34.6 Å². The minimum absolute atomic E-state index is 0.00558. The van der Waals surface area contributed by atoms with Crippen LogP contribution in [-0.4, -0.2) is 85.4 Å². The summed E-state index contributed by atoms with van der Waals surface area (Å²) in [7, 11) is -4.05. The van der Waals surface area contributed by atoms with Crippen molar-refractivity contribution in [2.45, 2.75) is 36.1 Å². The van der Waals surface area contributed by atoms with Crippen LogP contribution >= 0.6 is 11.6 Å². The molecule has 0 bridgehead atoms. The van der Waals surface area contributed by atoms with E-state index in [1.165, 1.54) is 24.6 Å². The summed E-state index contributed by atoms with van der Waals surface area (Å²) in [5.41, 5.74) is -1.22. The minimum atomic E-state index is -4.05. The maximum atomic E-state index is 15.0. The van der Waals surface area contributed by atoms with Gasteiger partial charge in [-0.1, -0.05) is 11.6 Å². The van der Waals surface area contributed by atoms with E-state index in [0.717, 1.165) is 15.2 Å². The average molecular weight is 542 g/mol. The number of alkyl halides is 2. The van der Waals surface area contributed by atoms with Crippen LogP contribution in [0.1, 0.15) is 24.8 Å². The third-order valence-electron chi connectivity index (χ3n) is 6.17. The van der Waals surface area contributed by atoms with E-state index in [2.05, 4.69) is 15.4 Å². The third kappa shape index (κ3) is 5.62. The highest BCUT2D eigenvalue weighted by Crippen LogP contribution is 2.26. The number of ether oxygens (including phenoxy) is 1. The first kappa shape index (κ1) is 26.3. The molecular formula is C22H24ClF2N6O4S+. The van der Waals surface area contributed by atoms with E-state index in [4.69, 9.17) is 21.6 Å². The van der Waals surface area contributed by atoms with E-state index in [-0.39, 0.29) is 47.4 Å². The molecule has 4 rings (SSSR count). The molecule has 3 atom stereocenters. The Morgan fingerprint density at radius 2 is 2.25 bits per heavy atom. The van der Waals surface area contributed by atoms with Gasteiger partial charge in [-0.05, 0) is 36.1 Å². The number of carbonyl (C=O) groups excluding carboxylic acids is 1. The molecule has 2 fully saturated rings. The molecule has 2 saturated heterocycles. The molecule has 0 spiro atoms. The predicted octanol–water partition coefficient (Wildman–Crippen LogP) is 1.47. The first-order valence-corrected chi connectivity index (χ1v) is 13.1. The number of amides is 1. The van der Waals surface area contributed by atoms with E-state index in [1.807, 2.05) is 6.07 Å². The number of sulfonamides is 1. The van der Waals surface area contributed by atoms with Gasteiger partial charge in [0.15, 0.2) is 21.9 Å². The number of nitrogens with one attached hydrogen (secondary N) is 1. The van der Waals surface area contributed by atoms with Gasteiger partial charge >= 0.3 is 5.91 Å². The molecule has 0 radical (unpaired) electrons. The molecular weight excluding hydrogens is 518 g/mol. The second-order valence-corrected chi connectivity index (χ2v) is 11.0. The van der Waals surface area contributed by atoms with Crippen molar-refractivity contribution < 1.29 is 31.4 Å². The van der Waals surface area contributed by atoms with Crippen molar-refractivity contribution in [1.82, 2.24) is 14.6 Å². The number of hydrogen-bond acceptors (Lipinski definition) is 8. The number of allylic oxidation sites excluding steroid dienone is 1. The number of nitrogens with zero attached hydrogens (tertiary/aromatic N) is 5. The lowest BCUT2D eigenvalue weighted by atomic mass is 9.97. The molecule has 36 heavy (non-hydrogen) atoms. The zero-order valence-electron chi connectivity index (χ0n) is 19.1. The van der Waals surface area contributed by atoms with Gasteiger partial charge in [-0.25, -0.2) is 27.0 Å². The van der Waals surface area contributed by atoms with Gasteiger partial charge in [-0.3, -0.25) is 0 Å². The summed E-state index contributed by atoms with van der Waals surface area (Å²) in [5.74, 6) is -1.50. The zero-order valence-corrected chi connectivity index (χ0v) is 20.7. The SMILES string of the molecule is N#Cc1ccc(S(=O)(=O)N2CCC(/C=[N+]3\N=CC(NC[C@@]4(F)CCCOC4)=C(Cl)C3=O)[C@H](F)C2)nc1. The summed E-state index contributed by atoms with van der Waals surface area (Å²) in [6.07, 6.45) is 3.06. The van der Waals surface area contributed by atoms with Crippen LogP contribution in [0, 0.1) is 17.2 Å². The molecule has 0 aromatic carbocycles. The van der Waals surface area contributed by atoms with E-state index in [9.17, 15) is 22.0 Å². The number of hydrogen-bond donors (Lipinski definition) is 1. The summed E-state index contributed by atoms with van der Waals surface area (Å²) in [4.78, 5) is 16.5. The summed E-state index contributed by atoms with van der Waals surface area (Å²) >= 11 is 6.17. The van der Waals surface area contributed by atoms with Gasteiger partial charge in [-0.2, -0.15) is 9.57 Å². The second-order valence-electron chi connectivity index (χ2n) is 8.76. The maximum Gasteiger partial charge on any atom is 0.462 e. The molecule has 1 aromatic heterocycles. The molecule has 3 aliphatic heterocycles. The number of halogens is 3. The van der Waals surface area contributed by atoms with Gasteiger partial charge in [0.1, 0.15) is 18.5 Å². The van der Waals surface area contributed by atoms with Gasteiger partial charge in [0, 0.05) is 31.0 Å². The standard InChI is InChI=1S/C22H23ClF2N6O4S/c23-20-18(28-13-22(25)5-1-7-35-14-22)10-29-31(21(20)32)11-16-4-6-30(12-17(16)24)36(33,34)19-3-2-15(8-26)9-27-19/h2-3,9-11,16-17H,1,4-7,12-14H2/p+1/b31-11-/t16?,17-,22+/m1/s1. The van der Waals surface area contributed by atoms with Gasteiger partial charge < -0.3 is 10.1 Å². The van der Waals surface area contributed by atoms with Gasteiger partial charge in [0.25, 0.3) is 10.0 Å². The van der Waals surface area contributed by atoms with E-state index in [0.29, 0.717) is 19.4 Å². The minimum Gasteiger partial charge on any atom is -0.379 e. The van der Waals surface area contributed by atoms with Crippen LogP contribution in [0.4, 0.5) is 8.78 Å². The number of piperidine rings is 1. The van der Waals surface area contributed by atoms with Crippen LogP contribution in [0.3, 0.4) is 0 Å². The topological polar surface area (TPSA) is 128 Å². The van der Waals surface area contributed by atoms with E-state index < -0.39 is 40.2 Å². The Bertz CT molecular complexity index is 1260. The van der Waals surface area contributed by atoms with Crippen LogP contribution in [0.5, 0.6) is 0 Å². The van der Waals surface area contributed by atoms with Crippen LogP contribution in [0.15, 0.2) is 39.2 Å². The molecule has 192 valence electrons. The van der Waals surface area contributed by atoms with Crippen molar-refractivity contribution >= 4 is 40.0 Å². The quantitative estimate of drug-likeness (QED) is 0.540. The van der Waals surface area contributed by atoms with Crippen LogP contribution in [0.2, 0.25) is 0 Å². The smallest absolute Gasteiger partial charge is 0.379 e. The van der Waals surface area contributed by atoms with Crippen LogP contribution in [0.25, 0.3) is 0 Å². The van der Waals surface area contributed by atoms with Crippen LogP contribution in [-0.2, 0) is 19.6 Å². The Morgan fingerprint density at radius 1 is 1.44 bits per heavy atom. The number of carbonyl (C=O) groups is 1. The Labute approximate surface area is 211 Å². The molecule has 0 saturated carbocycles. The second kappa shape index (κ2) is 10.7. The number of pyridine rings is 1. The predicted molar refractivity (Wildman–Crippen MR) is 125 cm³/mol. The maximum absolute atomic E-state index is 15.0. The monoisotopic (exact) mass is 541 g/mol. The Morgan fingerprint density at radius 3 is 2.89 bits per heavy atom. The highest BCUT2D eigenvalue weighted by molar-refractivity contribution is 7.89. The fourth-order valence-electron chi connectivity index (χ4n) is 4.08. The molecule has 1 unspecified atom stereocenters. The van der Waals surface area contributed by atoms with Gasteiger partial charge in [0.05, 0.1) is 30.3 Å². The van der Waals surface area contributed by atoms with Crippen molar-refractivity contribution in [2.24, 2.45) is 11.0 Å². The molecule has 4 heterocycles. The van der Waals surface area contributed by atoms with Crippen LogP contribution < -0.4 is 5.32 Å². The third-order valence-corrected chi connectivity index (χ3v) is 8.32. The number of rotatable bonds is 6. The van der Waals surface area contributed by atoms with Crippen molar-refractivity contribution in [3.63, 3.8) is 0 Å². The fourth-order valence-corrected chi connectivity index (χ4v) is 5.66. The van der Waals surface area contributed by atoms with Crippen molar-refractivity contribution in [2.75, 3.05) is 32.8 Å². The molecule has 1 amide bonds. The summed E-state index contributed by atoms with van der Waals surface area (Å²) in [5, 5.41) is 15.1. The Hall–Kier alpha value is -2.79. The van der Waals surface area contributed by atoms with Crippen molar-refractivity contribution in [1.29, 1.82) is 5.26 Å². The summed E-state index contributed by atoms with van der Waals surface area (Å²) in [6, 6.07) is 4.38. The lowest BCUT2D eigenvalue weighted by Gasteiger charge is -2.31. The molecule has 1 N–H and O–H groups in total. The summed E-state index contributed by atoms with van der Waals surface area (Å²) in [6.45, 7) is -0.0897. The molecule has 3 aliphatic rings. The van der Waals surface area contributed by atoms with E-state index in [1.54, 1.807) is 0 Å². The van der Waals surface area contributed by atoms with E-state index >= 15 is 0 Å². The van der Waals surface area contributed by atoms with Crippen molar-refractivity contribution in [3.8, 4) is 6.07 Å². The lowest BCUT2D eigenvalue weighted by Crippen LogP contribution is -2.46. The number of aromatic nitrogens is 1. The van der Waals surface area contributed by atoms with Gasteiger partial charge in [0.2, 0.25) is 0 Å². The first-order valence-electron chi connectivity index (χ1n) is 11.3. The molecule has 14 heteroatoms. The normalized spacial score (nSPS) is 28.8. The summed E-state index contributed by atoms with van der Waals surface area (Å²) < 4.78 is 62.4. The molecule has 10 nitrogen and oxygen atoms in total. The van der Waals surface area contributed by atoms with Gasteiger partial charge in [-0.15, -0.1) is 0 Å². The number of hydrazone groups is 1. The fraction of sp³-hybridized carbons (Fsp3) is 0.500. The Kier molecular flexibility index (Phi) is 7.79. The first-order chi connectivity index (χ1) is 17.1. The largest absolute Gasteiger partial charge is 0.462 e. The molecule has 1 aromatic rings. The highest BCUT2D eigenvalue weighted by atomic mass is 35.5. The Balaban J connectivity index is 1.39. The molecule has 0 aliphatic carbocycles. The number of nitriles is 1. The average Bonchev–Trinajstić information content (AvgIpc) is 2.87. The lowest BCUT2D eigenvalue weighted by molar-refractivity contribution is -0.447. The highest BCUT2D eigenvalue weighted by Gasteiger charge is 2.40.